The molecule has 0 aliphatic rings. The molecule has 3 rings (SSSR count). The van der Waals surface area contributed by atoms with E-state index in [0.717, 1.165) is 21.3 Å². The average molecular weight is 386 g/mol. The van der Waals surface area contributed by atoms with Crippen LogP contribution in [0.25, 0.3) is 10.2 Å². The van der Waals surface area contributed by atoms with Gasteiger partial charge in [-0.05, 0) is 51.0 Å². The molecule has 0 bridgehead atoms. The van der Waals surface area contributed by atoms with Gasteiger partial charge in [-0.25, -0.2) is 0 Å². The highest BCUT2D eigenvalue weighted by Crippen LogP contribution is 2.23. The third-order valence-electron chi connectivity index (χ3n) is 4.14. The maximum Gasteiger partial charge on any atom is 0.326 e. The van der Waals surface area contributed by atoms with Gasteiger partial charge in [0.15, 0.2) is 4.80 Å². The number of thiazole rings is 1. The molecule has 1 amide bonds. The number of amides is 1. The minimum absolute atomic E-state index is 0.00981. The van der Waals surface area contributed by atoms with Crippen molar-refractivity contribution in [3.8, 4) is 0 Å². The summed E-state index contributed by atoms with van der Waals surface area (Å²) in [6.07, 6.45) is 1.58. The molecule has 3 aromatic rings. The average Bonchev–Trinajstić information content (AvgIpc) is 3.21. The summed E-state index contributed by atoms with van der Waals surface area (Å²) in [5, 5.41) is 4.12. The molecule has 0 fully saturated rings. The maximum atomic E-state index is 12.7. The minimum atomic E-state index is -0.382. The van der Waals surface area contributed by atoms with Gasteiger partial charge in [-0.15, -0.1) is 0 Å². The van der Waals surface area contributed by atoms with Crippen molar-refractivity contribution in [2.45, 2.75) is 40.8 Å². The number of carbonyl (C=O) groups is 2. The molecule has 0 unspecified atom stereocenters. The Morgan fingerprint density at radius 1 is 1.26 bits per heavy atom. The number of benzene rings is 1. The minimum Gasteiger partial charge on any atom is -0.465 e. The third kappa shape index (κ3) is 3.85. The van der Waals surface area contributed by atoms with E-state index in [1.54, 1.807) is 28.4 Å². The van der Waals surface area contributed by atoms with Crippen LogP contribution >= 0.6 is 11.3 Å². The van der Waals surface area contributed by atoms with E-state index in [1.165, 1.54) is 11.3 Å². The van der Waals surface area contributed by atoms with Crippen molar-refractivity contribution < 1.29 is 14.3 Å². The third-order valence-corrected chi connectivity index (χ3v) is 5.37. The van der Waals surface area contributed by atoms with Gasteiger partial charge in [-0.1, -0.05) is 17.4 Å². The number of ether oxygens (including phenoxy) is 1. The Kier molecular flexibility index (Phi) is 5.55. The Labute approximate surface area is 160 Å². The maximum absolute atomic E-state index is 12.7. The Morgan fingerprint density at radius 2 is 2.04 bits per heavy atom. The number of fused-ring (bicyclic) bond motifs is 1. The van der Waals surface area contributed by atoms with Crippen LogP contribution in [0.3, 0.4) is 0 Å². The van der Waals surface area contributed by atoms with Crippen LogP contribution in [-0.4, -0.2) is 32.8 Å². The van der Waals surface area contributed by atoms with Crippen molar-refractivity contribution in [1.29, 1.82) is 0 Å². The summed E-state index contributed by atoms with van der Waals surface area (Å²) in [5.41, 5.74) is 3.46. The highest BCUT2D eigenvalue weighted by atomic mass is 32.1. The molecule has 0 aliphatic heterocycles. The smallest absolute Gasteiger partial charge is 0.326 e. The molecule has 142 valence electrons. The van der Waals surface area contributed by atoms with Crippen LogP contribution in [0, 0.1) is 13.8 Å². The molecule has 0 saturated carbocycles. The fraction of sp³-hybridized carbons (Fsp3) is 0.368. The van der Waals surface area contributed by atoms with E-state index in [0.29, 0.717) is 23.6 Å². The van der Waals surface area contributed by atoms with Crippen molar-refractivity contribution >= 4 is 33.4 Å². The Hall–Kier alpha value is -2.74. The van der Waals surface area contributed by atoms with E-state index in [-0.39, 0.29) is 18.4 Å². The Morgan fingerprint density at radius 3 is 2.74 bits per heavy atom. The molecule has 0 N–H and O–H groups in total. The number of rotatable bonds is 5. The fourth-order valence-electron chi connectivity index (χ4n) is 3.00. The van der Waals surface area contributed by atoms with Gasteiger partial charge in [0.05, 0.1) is 16.8 Å². The van der Waals surface area contributed by atoms with Gasteiger partial charge in [0, 0.05) is 12.7 Å². The molecule has 2 aromatic heterocycles. The monoisotopic (exact) mass is 386 g/mol. The molecule has 0 atom stereocenters. The number of carbonyl (C=O) groups excluding carboxylic acids is 2. The van der Waals surface area contributed by atoms with Gasteiger partial charge in [-0.2, -0.15) is 10.1 Å². The summed E-state index contributed by atoms with van der Waals surface area (Å²) in [6, 6.07) is 5.72. The molecular weight excluding hydrogens is 364 g/mol. The van der Waals surface area contributed by atoms with Gasteiger partial charge in [0.2, 0.25) is 0 Å². The first kappa shape index (κ1) is 19.0. The predicted octanol–water partition coefficient (Wildman–Crippen LogP) is 2.84. The van der Waals surface area contributed by atoms with Gasteiger partial charge in [0.25, 0.3) is 5.91 Å². The van der Waals surface area contributed by atoms with Crippen LogP contribution in [-0.2, 0) is 22.6 Å². The number of aryl methyl sites for hydroxylation is 3. The molecule has 0 spiro atoms. The molecule has 0 saturated heterocycles. The summed E-state index contributed by atoms with van der Waals surface area (Å²) in [6.45, 7) is 8.59. The lowest BCUT2D eigenvalue weighted by atomic mass is 10.1. The Bertz CT molecular complexity index is 1070. The second kappa shape index (κ2) is 7.87. The quantitative estimate of drug-likeness (QED) is 0.632. The molecule has 27 heavy (non-hydrogen) atoms. The first-order valence-corrected chi connectivity index (χ1v) is 9.63. The first-order chi connectivity index (χ1) is 12.9. The second-order valence-corrected chi connectivity index (χ2v) is 7.13. The van der Waals surface area contributed by atoms with Crippen LogP contribution < -0.4 is 4.80 Å². The highest BCUT2D eigenvalue weighted by molar-refractivity contribution is 7.16. The predicted molar refractivity (Wildman–Crippen MR) is 104 cm³/mol. The Balaban J connectivity index is 2.17. The van der Waals surface area contributed by atoms with Gasteiger partial charge in [0.1, 0.15) is 12.2 Å². The van der Waals surface area contributed by atoms with Gasteiger partial charge >= 0.3 is 5.97 Å². The SMILES string of the molecule is CCOC(=O)Cn1c(=NC(=O)c2ccnn2CC)sc2c(C)cc(C)cc21. The van der Waals surface area contributed by atoms with Gasteiger partial charge < -0.3 is 9.30 Å². The van der Waals surface area contributed by atoms with Crippen LogP contribution in [0.1, 0.15) is 35.5 Å². The molecule has 0 radical (unpaired) electrons. The van der Waals surface area contributed by atoms with Crippen molar-refractivity contribution in [2.24, 2.45) is 4.99 Å². The molecule has 7 nitrogen and oxygen atoms in total. The summed E-state index contributed by atoms with van der Waals surface area (Å²) >= 11 is 1.40. The van der Waals surface area contributed by atoms with Crippen LogP contribution in [0.15, 0.2) is 29.4 Å². The van der Waals surface area contributed by atoms with Crippen molar-refractivity contribution in [2.75, 3.05) is 6.61 Å². The summed E-state index contributed by atoms with van der Waals surface area (Å²) in [7, 11) is 0. The van der Waals surface area contributed by atoms with E-state index in [9.17, 15) is 9.59 Å². The van der Waals surface area contributed by atoms with Crippen molar-refractivity contribution in [3.63, 3.8) is 0 Å². The summed E-state index contributed by atoms with van der Waals surface area (Å²) in [5.74, 6) is -0.739. The number of aromatic nitrogens is 3. The lowest BCUT2D eigenvalue weighted by Crippen LogP contribution is -2.23. The van der Waals surface area contributed by atoms with E-state index in [4.69, 9.17) is 4.74 Å². The van der Waals surface area contributed by atoms with Crippen molar-refractivity contribution in [1.82, 2.24) is 14.3 Å². The molecule has 0 aliphatic carbocycles. The summed E-state index contributed by atoms with van der Waals surface area (Å²) in [4.78, 5) is 29.6. The van der Waals surface area contributed by atoms with Crippen LogP contribution in [0.2, 0.25) is 0 Å². The van der Waals surface area contributed by atoms with E-state index in [2.05, 4.69) is 16.2 Å². The zero-order valence-electron chi connectivity index (χ0n) is 15.9. The fourth-order valence-corrected chi connectivity index (χ4v) is 4.07. The zero-order chi connectivity index (χ0) is 19.6. The van der Waals surface area contributed by atoms with Crippen molar-refractivity contribution in [3.05, 3.63) is 46.0 Å². The normalized spacial score (nSPS) is 11.9. The van der Waals surface area contributed by atoms with E-state index >= 15 is 0 Å². The first-order valence-electron chi connectivity index (χ1n) is 8.81. The lowest BCUT2D eigenvalue weighted by molar-refractivity contribution is -0.143. The van der Waals surface area contributed by atoms with Gasteiger partial charge in [-0.3, -0.25) is 14.3 Å². The van der Waals surface area contributed by atoms with E-state index < -0.39 is 0 Å². The number of hydrogen-bond acceptors (Lipinski definition) is 5. The number of nitrogens with zero attached hydrogens (tertiary/aromatic N) is 4. The number of esters is 1. The van der Waals surface area contributed by atoms with Crippen LogP contribution in [0.4, 0.5) is 0 Å². The highest BCUT2D eigenvalue weighted by Gasteiger charge is 2.16. The zero-order valence-corrected chi connectivity index (χ0v) is 16.7. The van der Waals surface area contributed by atoms with E-state index in [1.807, 2.05) is 26.8 Å². The molecule has 2 heterocycles. The lowest BCUT2D eigenvalue weighted by Gasteiger charge is -2.06. The standard InChI is InChI=1S/C19H22N4O3S/c1-5-23-14(7-8-20-23)18(25)21-19-22(11-16(24)26-6-2)15-10-12(3)9-13(4)17(15)27-19/h7-10H,5-6,11H2,1-4H3. The largest absolute Gasteiger partial charge is 0.465 e. The second-order valence-electron chi connectivity index (χ2n) is 6.16. The number of hydrogen-bond donors (Lipinski definition) is 0. The topological polar surface area (TPSA) is 78.5 Å². The molecule has 1 aromatic carbocycles. The molecule has 8 heteroatoms. The van der Waals surface area contributed by atoms with Crippen LogP contribution in [0.5, 0.6) is 0 Å². The molecular formula is C19H22N4O3S. The summed E-state index contributed by atoms with van der Waals surface area (Å²) < 4.78 is 9.45.